The zero-order valence-corrected chi connectivity index (χ0v) is 13.9. The molecule has 2 N–H and O–H groups in total. The molecule has 0 fully saturated rings. The minimum atomic E-state index is 0.528. The van der Waals surface area contributed by atoms with Gasteiger partial charge in [0.25, 0.3) is 0 Å². The van der Waals surface area contributed by atoms with E-state index in [0.717, 1.165) is 37.7 Å². The molecule has 0 saturated carbocycles. The van der Waals surface area contributed by atoms with Gasteiger partial charge in [0, 0.05) is 17.3 Å². The quantitative estimate of drug-likeness (QED) is 0.594. The Bertz CT molecular complexity index is 991. The van der Waals surface area contributed by atoms with E-state index in [2.05, 4.69) is 29.2 Å². The lowest BCUT2D eigenvalue weighted by Gasteiger charge is -2.03. The predicted molar refractivity (Wildman–Crippen MR) is 99.3 cm³/mol. The molecule has 0 unspecified atom stereocenters. The van der Waals surface area contributed by atoms with Gasteiger partial charge >= 0.3 is 0 Å². The highest BCUT2D eigenvalue weighted by Crippen LogP contribution is 2.33. The summed E-state index contributed by atoms with van der Waals surface area (Å²) in [6.07, 6.45) is 1.79. The van der Waals surface area contributed by atoms with Crippen LogP contribution in [0.5, 0.6) is 5.75 Å². The third-order valence-corrected chi connectivity index (χ3v) is 4.91. The molecule has 4 rings (SSSR count). The summed E-state index contributed by atoms with van der Waals surface area (Å²) in [5, 5.41) is 1.00. The number of fused-ring (bicyclic) bond motifs is 1. The molecule has 0 amide bonds. The van der Waals surface area contributed by atoms with Crippen molar-refractivity contribution in [2.75, 3.05) is 12.8 Å². The fourth-order valence-electron chi connectivity index (χ4n) is 2.54. The Balaban J connectivity index is 1.68. The maximum Gasteiger partial charge on any atom is 0.124 e. The zero-order valence-electron chi connectivity index (χ0n) is 13.1. The highest BCUT2D eigenvalue weighted by atomic mass is 32.1. The third kappa shape index (κ3) is 2.70. The molecule has 0 aliphatic carbocycles. The molecule has 4 aromatic rings. The summed E-state index contributed by atoms with van der Waals surface area (Å²) in [6.45, 7) is 0. The van der Waals surface area contributed by atoms with Crippen molar-refractivity contribution in [1.29, 1.82) is 0 Å². The molecule has 0 saturated heterocycles. The van der Waals surface area contributed by atoms with Crippen molar-refractivity contribution >= 4 is 27.4 Å². The van der Waals surface area contributed by atoms with E-state index >= 15 is 0 Å². The molecule has 118 valence electrons. The predicted octanol–water partition coefficient (Wildman–Crippen LogP) is 4.62. The molecule has 0 radical (unpaired) electrons. The highest BCUT2D eigenvalue weighted by molar-refractivity contribution is 7.21. The van der Waals surface area contributed by atoms with E-state index in [9.17, 15) is 0 Å². The lowest BCUT2D eigenvalue weighted by atomic mass is 10.1. The smallest absolute Gasteiger partial charge is 0.124 e. The summed E-state index contributed by atoms with van der Waals surface area (Å²) in [7, 11) is 1.67. The Morgan fingerprint density at radius 3 is 2.38 bits per heavy atom. The van der Waals surface area contributed by atoms with Crippen LogP contribution in [-0.4, -0.2) is 17.1 Å². The molecule has 0 atom stereocenters. The van der Waals surface area contributed by atoms with E-state index in [0.29, 0.717) is 5.82 Å². The average Bonchev–Trinajstić information content (AvgIpc) is 3.05. The standard InChI is InChI=1S/C19H15N3OS/c1-23-15-7-8-16-17(10-15)24-19(22-16)13-4-2-12(3-5-13)14-6-9-18(20)21-11-14/h2-11H,1H3,(H2,20,21). The lowest BCUT2D eigenvalue weighted by Crippen LogP contribution is -1.88. The van der Waals surface area contributed by atoms with Crippen LogP contribution in [-0.2, 0) is 0 Å². The van der Waals surface area contributed by atoms with E-state index in [1.807, 2.05) is 30.3 Å². The van der Waals surface area contributed by atoms with Crippen molar-refractivity contribution in [3.8, 4) is 27.4 Å². The Labute approximate surface area is 143 Å². The van der Waals surface area contributed by atoms with Crippen molar-refractivity contribution in [2.24, 2.45) is 0 Å². The summed E-state index contributed by atoms with van der Waals surface area (Å²) in [6, 6.07) is 18.0. The van der Waals surface area contributed by atoms with Gasteiger partial charge in [0.2, 0.25) is 0 Å². The molecule has 4 nitrogen and oxygen atoms in total. The Morgan fingerprint density at radius 2 is 1.67 bits per heavy atom. The first-order valence-corrected chi connectivity index (χ1v) is 8.31. The molecule has 2 heterocycles. The summed E-state index contributed by atoms with van der Waals surface area (Å²) in [5.41, 5.74) is 9.88. The van der Waals surface area contributed by atoms with Crippen LogP contribution < -0.4 is 10.5 Å². The van der Waals surface area contributed by atoms with Gasteiger partial charge in [0.15, 0.2) is 0 Å². The number of ether oxygens (including phenoxy) is 1. The number of nitrogens with zero attached hydrogens (tertiary/aromatic N) is 2. The fourth-order valence-corrected chi connectivity index (χ4v) is 3.54. The first-order valence-electron chi connectivity index (χ1n) is 7.50. The summed E-state index contributed by atoms with van der Waals surface area (Å²) in [4.78, 5) is 8.84. The molecule has 2 aromatic heterocycles. The summed E-state index contributed by atoms with van der Waals surface area (Å²) < 4.78 is 6.40. The number of aromatic nitrogens is 2. The number of thiazole rings is 1. The molecular weight excluding hydrogens is 318 g/mol. The number of nitrogens with two attached hydrogens (primary N) is 1. The Morgan fingerprint density at radius 1 is 0.917 bits per heavy atom. The normalized spacial score (nSPS) is 10.9. The van der Waals surface area contributed by atoms with Gasteiger partial charge in [-0.05, 0) is 35.9 Å². The Hall–Kier alpha value is -2.92. The highest BCUT2D eigenvalue weighted by Gasteiger charge is 2.08. The summed E-state index contributed by atoms with van der Waals surface area (Å²) >= 11 is 1.66. The van der Waals surface area contributed by atoms with Crippen molar-refractivity contribution in [2.45, 2.75) is 0 Å². The van der Waals surface area contributed by atoms with Crippen molar-refractivity contribution < 1.29 is 4.74 Å². The molecule has 5 heteroatoms. The van der Waals surface area contributed by atoms with Crippen LogP contribution in [0.3, 0.4) is 0 Å². The van der Waals surface area contributed by atoms with Crippen LogP contribution in [0.2, 0.25) is 0 Å². The van der Waals surface area contributed by atoms with Gasteiger partial charge in [-0.15, -0.1) is 11.3 Å². The van der Waals surface area contributed by atoms with Crippen LogP contribution in [0.4, 0.5) is 5.82 Å². The van der Waals surface area contributed by atoms with E-state index in [1.54, 1.807) is 24.6 Å². The minimum absolute atomic E-state index is 0.528. The maximum absolute atomic E-state index is 5.64. The number of hydrogen-bond donors (Lipinski definition) is 1. The number of hydrogen-bond acceptors (Lipinski definition) is 5. The van der Waals surface area contributed by atoms with E-state index in [-0.39, 0.29) is 0 Å². The van der Waals surface area contributed by atoms with Gasteiger partial charge in [-0.1, -0.05) is 24.3 Å². The number of anilines is 1. The van der Waals surface area contributed by atoms with E-state index < -0.39 is 0 Å². The van der Waals surface area contributed by atoms with Crippen molar-refractivity contribution in [3.63, 3.8) is 0 Å². The third-order valence-electron chi connectivity index (χ3n) is 3.85. The van der Waals surface area contributed by atoms with Gasteiger partial charge in [-0.25, -0.2) is 9.97 Å². The second-order valence-corrected chi connectivity index (χ2v) is 6.43. The van der Waals surface area contributed by atoms with Gasteiger partial charge in [-0.2, -0.15) is 0 Å². The summed E-state index contributed by atoms with van der Waals surface area (Å²) in [5.74, 6) is 1.38. The van der Waals surface area contributed by atoms with Crippen LogP contribution in [0.15, 0.2) is 60.8 Å². The first kappa shape index (κ1) is 14.7. The van der Waals surface area contributed by atoms with Crippen LogP contribution in [0, 0.1) is 0 Å². The van der Waals surface area contributed by atoms with Gasteiger partial charge in [-0.3, -0.25) is 0 Å². The first-order chi connectivity index (χ1) is 11.7. The number of pyridine rings is 1. The van der Waals surface area contributed by atoms with Crippen molar-refractivity contribution in [1.82, 2.24) is 9.97 Å². The van der Waals surface area contributed by atoms with Crippen LogP contribution in [0.25, 0.3) is 31.9 Å². The Kier molecular flexibility index (Phi) is 3.63. The molecule has 24 heavy (non-hydrogen) atoms. The van der Waals surface area contributed by atoms with Crippen LogP contribution in [0.1, 0.15) is 0 Å². The van der Waals surface area contributed by atoms with Crippen LogP contribution >= 0.6 is 11.3 Å². The lowest BCUT2D eigenvalue weighted by molar-refractivity contribution is 0.415. The zero-order chi connectivity index (χ0) is 16.5. The van der Waals surface area contributed by atoms with Gasteiger partial charge in [0.05, 0.1) is 17.3 Å². The van der Waals surface area contributed by atoms with E-state index in [1.165, 1.54) is 0 Å². The molecular formula is C19H15N3OS. The SMILES string of the molecule is COc1ccc2nc(-c3ccc(-c4ccc(N)nc4)cc3)sc2c1. The average molecular weight is 333 g/mol. The maximum atomic E-state index is 5.64. The molecule has 0 bridgehead atoms. The van der Waals surface area contributed by atoms with Gasteiger partial charge in [0.1, 0.15) is 16.6 Å². The monoisotopic (exact) mass is 333 g/mol. The number of benzene rings is 2. The topological polar surface area (TPSA) is 61.0 Å². The second kappa shape index (κ2) is 5.94. The van der Waals surface area contributed by atoms with Crippen molar-refractivity contribution in [3.05, 3.63) is 60.8 Å². The molecule has 0 spiro atoms. The van der Waals surface area contributed by atoms with E-state index in [4.69, 9.17) is 15.5 Å². The molecule has 0 aliphatic rings. The number of nitrogen functional groups attached to an aromatic ring is 1. The number of methoxy groups -OCH3 is 1. The fraction of sp³-hybridized carbons (Fsp3) is 0.0526. The second-order valence-electron chi connectivity index (χ2n) is 5.40. The number of rotatable bonds is 3. The molecule has 0 aliphatic heterocycles. The van der Waals surface area contributed by atoms with Gasteiger partial charge < -0.3 is 10.5 Å². The minimum Gasteiger partial charge on any atom is -0.497 e. The largest absolute Gasteiger partial charge is 0.497 e. The molecule has 2 aromatic carbocycles.